The van der Waals surface area contributed by atoms with Crippen molar-refractivity contribution >= 4 is 18.0 Å². The third-order valence-electron chi connectivity index (χ3n) is 7.68. The zero-order valence-corrected chi connectivity index (χ0v) is 22.9. The minimum atomic E-state index is -3.06. The van der Waals surface area contributed by atoms with E-state index in [4.69, 9.17) is 14.4 Å². The molecule has 220 valence electrons. The lowest BCUT2D eigenvalue weighted by Crippen LogP contribution is -2.42. The molecule has 2 N–H and O–H groups in total. The van der Waals surface area contributed by atoms with Gasteiger partial charge in [0.25, 0.3) is 5.92 Å². The lowest BCUT2D eigenvalue weighted by atomic mass is 9.84. The van der Waals surface area contributed by atoms with E-state index >= 15 is 0 Å². The number of nitrogens with one attached hydrogen (secondary N) is 1. The number of halogens is 3. The summed E-state index contributed by atoms with van der Waals surface area (Å²) in [5.41, 5.74) is -0.253. The zero-order chi connectivity index (χ0) is 29.0. The van der Waals surface area contributed by atoms with Gasteiger partial charge >= 0.3 is 12.1 Å². The standard InChI is InChI=1S/C27H36F3N5O5/c1-16(2)23-32-25(40-33-23)34-10-6-18(7-11-34)17(3)8-13-39-19-4-5-20(21(28)14-19)22(31-26(37)38)24(36)35-12-9-27(29,30)15-35/h4-5,14,16-18,22,31H,6-13,15H2,1-3H3,(H,37,38)/t17-,22+/m1/s1. The van der Waals surface area contributed by atoms with Gasteiger partial charge in [0, 0.05) is 43.6 Å². The Hall–Kier alpha value is -3.51. The Balaban J connectivity index is 1.28. The highest BCUT2D eigenvalue weighted by atomic mass is 19.3. The second-order valence-corrected chi connectivity index (χ2v) is 11.0. The fraction of sp³-hybridized carbons (Fsp3) is 0.630. The number of likely N-dealkylation sites (tertiary alicyclic amines) is 1. The highest BCUT2D eigenvalue weighted by Crippen LogP contribution is 2.32. The second-order valence-electron chi connectivity index (χ2n) is 11.0. The van der Waals surface area contributed by atoms with Gasteiger partial charge in [0.1, 0.15) is 17.6 Å². The number of carbonyl (C=O) groups excluding carboxylic acids is 1. The van der Waals surface area contributed by atoms with Gasteiger partial charge in [0.15, 0.2) is 5.82 Å². The average molecular weight is 568 g/mol. The van der Waals surface area contributed by atoms with Gasteiger partial charge in [0.2, 0.25) is 5.91 Å². The molecular formula is C27H36F3N5O5. The maximum absolute atomic E-state index is 15.0. The molecule has 0 bridgehead atoms. The summed E-state index contributed by atoms with van der Waals surface area (Å²) in [6.07, 6.45) is 0.596. The van der Waals surface area contributed by atoms with Crippen molar-refractivity contribution in [3.63, 3.8) is 0 Å². The summed E-state index contributed by atoms with van der Waals surface area (Å²) in [4.78, 5) is 31.5. The summed E-state index contributed by atoms with van der Waals surface area (Å²) in [6.45, 7) is 7.11. The number of carboxylic acid groups (broad SMARTS) is 1. The largest absolute Gasteiger partial charge is 0.493 e. The maximum atomic E-state index is 15.0. The number of rotatable bonds is 10. The number of anilines is 1. The van der Waals surface area contributed by atoms with E-state index in [1.165, 1.54) is 12.1 Å². The molecule has 2 atom stereocenters. The van der Waals surface area contributed by atoms with Crippen LogP contribution in [0.4, 0.5) is 24.0 Å². The van der Waals surface area contributed by atoms with E-state index in [2.05, 4.69) is 22.0 Å². The van der Waals surface area contributed by atoms with E-state index < -0.39 is 42.7 Å². The number of aromatic nitrogens is 2. The zero-order valence-electron chi connectivity index (χ0n) is 22.9. The molecule has 0 spiro atoms. The third kappa shape index (κ3) is 7.16. The number of nitrogens with zero attached hydrogens (tertiary/aromatic N) is 4. The quantitative estimate of drug-likeness (QED) is 0.419. The maximum Gasteiger partial charge on any atom is 0.405 e. The molecule has 2 aliphatic heterocycles. The Bertz CT molecular complexity index is 1190. The van der Waals surface area contributed by atoms with Gasteiger partial charge in [-0.3, -0.25) is 4.79 Å². The molecule has 0 saturated carbocycles. The molecule has 40 heavy (non-hydrogen) atoms. The van der Waals surface area contributed by atoms with Crippen LogP contribution in [0, 0.1) is 17.7 Å². The highest BCUT2D eigenvalue weighted by molar-refractivity contribution is 5.87. The van der Waals surface area contributed by atoms with Crippen molar-refractivity contribution in [2.24, 2.45) is 11.8 Å². The smallest absolute Gasteiger partial charge is 0.405 e. The first-order valence-corrected chi connectivity index (χ1v) is 13.6. The van der Waals surface area contributed by atoms with E-state index in [-0.39, 0.29) is 23.8 Å². The van der Waals surface area contributed by atoms with Crippen molar-refractivity contribution in [1.82, 2.24) is 20.4 Å². The molecule has 1 aromatic carbocycles. The number of piperidine rings is 1. The van der Waals surface area contributed by atoms with Gasteiger partial charge in [-0.05, 0) is 43.2 Å². The fourth-order valence-electron chi connectivity index (χ4n) is 5.18. The van der Waals surface area contributed by atoms with Gasteiger partial charge in [0.05, 0.1) is 13.2 Å². The number of hydrogen-bond acceptors (Lipinski definition) is 7. The molecule has 3 heterocycles. The predicted octanol–water partition coefficient (Wildman–Crippen LogP) is 4.83. The van der Waals surface area contributed by atoms with E-state index in [0.29, 0.717) is 30.3 Å². The summed E-state index contributed by atoms with van der Waals surface area (Å²) in [5, 5.41) is 15.2. The number of benzene rings is 1. The normalized spacial score (nSPS) is 19.1. The van der Waals surface area contributed by atoms with Crippen molar-refractivity contribution in [2.75, 3.05) is 37.7 Å². The monoisotopic (exact) mass is 567 g/mol. The van der Waals surface area contributed by atoms with Gasteiger partial charge in [-0.1, -0.05) is 25.9 Å². The van der Waals surface area contributed by atoms with Gasteiger partial charge in [-0.15, -0.1) is 0 Å². The molecule has 2 amide bonds. The van der Waals surface area contributed by atoms with Crippen LogP contribution in [0.3, 0.4) is 0 Å². The number of ether oxygens (including phenoxy) is 1. The van der Waals surface area contributed by atoms with Crippen LogP contribution in [-0.2, 0) is 4.79 Å². The Morgan fingerprint density at radius 3 is 2.52 bits per heavy atom. The summed E-state index contributed by atoms with van der Waals surface area (Å²) in [6, 6.07) is 2.69. The van der Waals surface area contributed by atoms with Crippen LogP contribution >= 0.6 is 0 Å². The summed E-state index contributed by atoms with van der Waals surface area (Å²) in [5.74, 6) is -2.86. The number of carbonyl (C=O) groups is 2. The molecule has 4 rings (SSSR count). The first kappa shape index (κ1) is 29.5. The fourth-order valence-corrected chi connectivity index (χ4v) is 5.18. The van der Waals surface area contributed by atoms with Crippen molar-refractivity contribution in [1.29, 1.82) is 0 Å². The molecule has 2 aliphatic rings. The van der Waals surface area contributed by atoms with Crippen molar-refractivity contribution < 1.29 is 37.1 Å². The van der Waals surface area contributed by atoms with Crippen LogP contribution in [-0.4, -0.2) is 70.9 Å². The van der Waals surface area contributed by atoms with Crippen molar-refractivity contribution in [3.8, 4) is 5.75 Å². The van der Waals surface area contributed by atoms with Gasteiger partial charge < -0.3 is 29.5 Å². The third-order valence-corrected chi connectivity index (χ3v) is 7.68. The summed E-state index contributed by atoms with van der Waals surface area (Å²) in [7, 11) is 0. The highest BCUT2D eigenvalue weighted by Gasteiger charge is 2.43. The SMILES string of the molecule is CC(C)c1noc(N2CCC([C@H](C)CCOc3ccc([C@H](NC(=O)O)C(=O)N4CCC(F)(F)C4)c(F)c3)CC2)n1. The van der Waals surface area contributed by atoms with E-state index in [1.54, 1.807) is 0 Å². The van der Waals surface area contributed by atoms with Crippen LogP contribution in [0.2, 0.25) is 0 Å². The van der Waals surface area contributed by atoms with Crippen molar-refractivity contribution in [3.05, 3.63) is 35.4 Å². The average Bonchev–Trinajstić information content (AvgIpc) is 3.54. The lowest BCUT2D eigenvalue weighted by molar-refractivity contribution is -0.134. The van der Waals surface area contributed by atoms with Crippen LogP contribution < -0.4 is 15.0 Å². The molecule has 1 aromatic heterocycles. The van der Waals surface area contributed by atoms with E-state index in [0.717, 1.165) is 43.3 Å². The molecule has 2 fully saturated rings. The number of hydrogen-bond donors (Lipinski definition) is 2. The Kier molecular flexibility index (Phi) is 9.09. The molecule has 0 aliphatic carbocycles. The first-order valence-electron chi connectivity index (χ1n) is 13.6. The molecule has 10 nitrogen and oxygen atoms in total. The molecule has 0 unspecified atom stereocenters. The molecule has 2 saturated heterocycles. The Morgan fingerprint density at radius 2 is 1.95 bits per heavy atom. The summed E-state index contributed by atoms with van der Waals surface area (Å²) < 4.78 is 53.3. The first-order chi connectivity index (χ1) is 18.9. The Morgan fingerprint density at radius 1 is 1.23 bits per heavy atom. The topological polar surface area (TPSA) is 121 Å². The minimum Gasteiger partial charge on any atom is -0.493 e. The predicted molar refractivity (Wildman–Crippen MR) is 139 cm³/mol. The van der Waals surface area contributed by atoms with Gasteiger partial charge in [-0.25, -0.2) is 18.0 Å². The van der Waals surface area contributed by atoms with Gasteiger partial charge in [-0.2, -0.15) is 4.98 Å². The van der Waals surface area contributed by atoms with Crippen molar-refractivity contribution in [2.45, 2.75) is 64.3 Å². The molecule has 2 aromatic rings. The van der Waals surface area contributed by atoms with Crippen LogP contribution in [0.1, 0.15) is 69.8 Å². The van der Waals surface area contributed by atoms with E-state index in [9.17, 15) is 22.8 Å². The van der Waals surface area contributed by atoms with Crippen LogP contribution in [0.5, 0.6) is 5.75 Å². The lowest BCUT2D eigenvalue weighted by Gasteiger charge is -2.33. The Labute approximate surface area is 230 Å². The van der Waals surface area contributed by atoms with Crippen LogP contribution in [0.25, 0.3) is 0 Å². The van der Waals surface area contributed by atoms with E-state index in [1.807, 2.05) is 19.2 Å². The number of amides is 2. The molecule has 13 heteroatoms. The number of alkyl halides is 2. The molecule has 0 radical (unpaired) electrons. The molecular weight excluding hydrogens is 531 g/mol. The second kappa shape index (κ2) is 12.3. The minimum absolute atomic E-state index is 0.204. The van der Waals surface area contributed by atoms with Crippen LogP contribution in [0.15, 0.2) is 22.7 Å². The summed E-state index contributed by atoms with van der Waals surface area (Å²) >= 11 is 0.